The SMILES string of the molecule is C#CCC12CC3(c4ccccc4)CC(c4ccccc4)(C1)CC(c1ccccc1)(C2)C3.C(#CC12CC3(c4ccccc4)CC(c4ccccc4)(C1)CC(c1ccccc1)(C2)C3)c1ccccc1.C=C(C)C12CC3(c4ccccc4)CC(c4ccccc4)(C1)CC(c1ccccc1)(C2)C3.c1ccc(-c2nnc(C34CC5(c6ccccc6)CC(c6ccccc6)(CC(c6ccccc6)(C5)C3)C4)o2)cc1. The molecule has 15 aromatic rings. The van der Waals surface area contributed by atoms with Gasteiger partial charge in [-0.1, -0.05) is 424 Å². The van der Waals surface area contributed by atoms with Crippen molar-refractivity contribution in [3.05, 3.63) is 515 Å². The topological polar surface area (TPSA) is 38.9 Å². The van der Waals surface area contributed by atoms with Gasteiger partial charge in [-0.2, -0.15) is 0 Å². The Morgan fingerprint density at radius 2 is 0.445 bits per heavy atom. The summed E-state index contributed by atoms with van der Waals surface area (Å²) in [5.41, 5.74) is 23.5. The summed E-state index contributed by atoms with van der Waals surface area (Å²) in [6.07, 6.45) is 35.7. The Labute approximate surface area is 813 Å². The van der Waals surface area contributed by atoms with Crippen molar-refractivity contribution in [2.45, 2.75) is 238 Å². The maximum Gasteiger partial charge on any atom is 0.247 e. The summed E-state index contributed by atoms with van der Waals surface area (Å²) in [5.74, 6) is 12.2. The molecule has 16 fully saturated rings. The lowest BCUT2D eigenvalue weighted by Gasteiger charge is -2.71. The molecule has 31 rings (SSSR count). The molecule has 0 N–H and O–H groups in total. The predicted molar refractivity (Wildman–Crippen MR) is 559 cm³/mol. The lowest BCUT2D eigenvalue weighted by molar-refractivity contribution is -0.105. The van der Waals surface area contributed by atoms with Crippen molar-refractivity contribution in [1.82, 2.24) is 10.2 Å². The zero-order chi connectivity index (χ0) is 92.2. The zero-order valence-electron chi connectivity index (χ0n) is 79.7. The van der Waals surface area contributed by atoms with Gasteiger partial charge in [-0.05, 0) is 328 Å². The van der Waals surface area contributed by atoms with Crippen LogP contribution in [-0.4, -0.2) is 10.2 Å². The number of allylic oxidation sites excluding steroid dienone is 1. The van der Waals surface area contributed by atoms with Crippen molar-refractivity contribution < 1.29 is 4.42 Å². The van der Waals surface area contributed by atoms with Crippen LogP contribution >= 0.6 is 0 Å². The highest BCUT2D eigenvalue weighted by atomic mass is 16.4. The zero-order valence-corrected chi connectivity index (χ0v) is 79.7. The van der Waals surface area contributed by atoms with Crippen molar-refractivity contribution in [2.24, 2.45) is 16.2 Å². The Bertz CT molecular complexity index is 6380. The molecule has 137 heavy (non-hydrogen) atoms. The van der Waals surface area contributed by atoms with Gasteiger partial charge in [0.1, 0.15) is 0 Å². The minimum Gasteiger partial charge on any atom is -0.420 e. The van der Waals surface area contributed by atoms with Crippen LogP contribution in [0, 0.1) is 40.4 Å². The fraction of sp³-hybridized carbons (Fsp3) is 0.313. The lowest BCUT2D eigenvalue weighted by atomic mass is 9.32. The number of hydrogen-bond acceptors (Lipinski definition) is 3. The van der Waals surface area contributed by atoms with E-state index < -0.39 is 0 Å². The number of rotatable bonds is 16. The Balaban J connectivity index is 0.000000100. The second-order valence-corrected chi connectivity index (χ2v) is 46.4. The predicted octanol–water partition coefficient (Wildman–Crippen LogP) is 31.3. The van der Waals surface area contributed by atoms with Crippen LogP contribution in [0.4, 0.5) is 0 Å². The molecule has 16 bridgehead atoms. The van der Waals surface area contributed by atoms with Crippen molar-refractivity contribution in [1.29, 1.82) is 0 Å². The van der Waals surface area contributed by atoms with Crippen LogP contribution in [0.2, 0.25) is 0 Å². The van der Waals surface area contributed by atoms with Gasteiger partial charge in [0.15, 0.2) is 0 Å². The molecule has 14 aromatic carbocycles. The number of benzene rings is 14. The third kappa shape index (κ3) is 14.7. The normalized spacial score (nSPS) is 33.3. The fourth-order valence-electron chi connectivity index (χ4n) is 35.0. The number of hydrogen-bond donors (Lipinski definition) is 0. The first-order chi connectivity index (χ1) is 66.9. The third-order valence-electron chi connectivity index (χ3n) is 37.5. The molecule has 3 heteroatoms. The summed E-state index contributed by atoms with van der Waals surface area (Å²) in [6.45, 7) is 6.93. The van der Waals surface area contributed by atoms with Crippen LogP contribution in [0.1, 0.15) is 246 Å². The molecule has 0 atom stereocenters. The van der Waals surface area contributed by atoms with Crippen molar-refractivity contribution in [3.63, 3.8) is 0 Å². The first-order valence-corrected chi connectivity index (χ1v) is 51.1. The van der Waals surface area contributed by atoms with Crippen LogP contribution in [0.25, 0.3) is 11.5 Å². The Kier molecular flexibility index (Phi) is 21.1. The Morgan fingerprint density at radius 3 is 0.672 bits per heavy atom. The standard InChI is InChI=1S/C36H32N2O.C36H32.C31H32.C31H30/c1-5-13-27(14-6-1)31-37-38-32(39-31)36-24-33(28-15-7-2-8-16-28)21-34(25-36,29-17-9-3-10-18-29)23-35(22-33,26-36)30-19-11-4-12-20-30;1-5-13-29(14-6-1)21-22-33-23-34(30-15-7-2-8-16-30)26-35(24-33,31-17-9-3-10-18-31)28-36(25-33,27-34)32-19-11-4-12-20-32;1-24(2)28-18-29(25-12-6-3-7-13-25)21-30(19-28,26-14-8-4-9-15-26)23-31(20-28,22-29)27-16-10-5-11-17-27;1-2-18-28-19-29(25-12-6-3-7-13-25)22-30(20-28,26-14-8-4-9-15-26)24-31(21-28,23-29)27-16-10-5-11-17-27/h1-20H,21-26H2;1-20H,23-28H2;3-17H,1,18-23H2,2H3;1,3-17H,18-24H2. The minimum atomic E-state index is -0.198. The van der Waals surface area contributed by atoms with E-state index in [1.54, 1.807) is 16.7 Å². The maximum atomic E-state index is 6.67. The smallest absolute Gasteiger partial charge is 0.247 e. The molecule has 0 radical (unpaired) electrons. The number of terminal acetylenes is 1. The molecule has 0 spiro atoms. The van der Waals surface area contributed by atoms with Crippen molar-refractivity contribution in [2.75, 3.05) is 0 Å². The summed E-state index contributed by atoms with van der Waals surface area (Å²) in [4.78, 5) is 0. The van der Waals surface area contributed by atoms with Gasteiger partial charge in [-0.25, -0.2) is 0 Å². The van der Waals surface area contributed by atoms with Gasteiger partial charge in [-0.3, -0.25) is 0 Å². The maximum absolute atomic E-state index is 6.67. The molecule has 0 saturated heterocycles. The molecule has 1 aromatic heterocycles. The highest BCUT2D eigenvalue weighted by Gasteiger charge is 2.75. The van der Waals surface area contributed by atoms with E-state index in [0.717, 1.165) is 81.2 Å². The average Bonchev–Trinajstić information content (AvgIpc) is 1.45. The summed E-state index contributed by atoms with van der Waals surface area (Å²) in [7, 11) is 0. The molecule has 3 nitrogen and oxygen atoms in total. The fourth-order valence-corrected chi connectivity index (χ4v) is 35.0. The Morgan fingerprint density at radius 1 is 0.248 bits per heavy atom. The molecular formula is C134H126N2O. The summed E-state index contributed by atoms with van der Waals surface area (Å²) >= 11 is 0. The van der Waals surface area contributed by atoms with Crippen LogP contribution in [0.3, 0.4) is 0 Å². The lowest BCUT2D eigenvalue weighted by Crippen LogP contribution is -2.67. The highest BCUT2D eigenvalue weighted by molar-refractivity contribution is 5.57. The molecule has 16 saturated carbocycles. The molecular weight excluding hydrogens is 1650 g/mol. The first-order valence-electron chi connectivity index (χ1n) is 51.1. The van der Waals surface area contributed by atoms with Gasteiger partial charge >= 0.3 is 0 Å². The van der Waals surface area contributed by atoms with Gasteiger partial charge < -0.3 is 4.42 Å². The van der Waals surface area contributed by atoms with E-state index >= 15 is 0 Å². The highest BCUT2D eigenvalue weighted by Crippen LogP contribution is 2.80. The van der Waals surface area contributed by atoms with Crippen LogP contribution in [0.15, 0.2) is 441 Å². The molecule has 0 amide bonds. The van der Waals surface area contributed by atoms with Gasteiger partial charge in [0, 0.05) is 23.0 Å². The first kappa shape index (κ1) is 86.9. The number of aromatic nitrogens is 2. The van der Waals surface area contributed by atoms with Crippen LogP contribution in [0.5, 0.6) is 0 Å². The molecule has 1 heterocycles. The second kappa shape index (κ2) is 33.2. The van der Waals surface area contributed by atoms with E-state index in [1.807, 2.05) is 18.2 Å². The van der Waals surface area contributed by atoms with Gasteiger partial charge in [0.05, 0.1) is 5.41 Å². The van der Waals surface area contributed by atoms with Crippen molar-refractivity contribution >= 4 is 0 Å². The van der Waals surface area contributed by atoms with Crippen LogP contribution in [-0.2, 0) is 70.4 Å². The minimum absolute atomic E-state index is 0.00782. The van der Waals surface area contributed by atoms with Gasteiger partial charge in [0.25, 0.3) is 0 Å². The van der Waals surface area contributed by atoms with Crippen molar-refractivity contribution in [3.8, 4) is 35.6 Å². The average molecular weight is 1780 g/mol. The quantitative estimate of drug-likeness (QED) is 0.0715. The molecule has 0 unspecified atom stereocenters. The largest absolute Gasteiger partial charge is 0.420 e. The second-order valence-electron chi connectivity index (χ2n) is 46.4. The Hall–Kier alpha value is -12.9. The van der Waals surface area contributed by atoms with Gasteiger partial charge in [-0.15, -0.1) is 22.5 Å². The number of nitrogens with zero attached hydrogens (tertiary/aromatic N) is 2. The van der Waals surface area contributed by atoms with E-state index in [2.05, 4.69) is 443 Å². The summed E-state index contributed by atoms with van der Waals surface area (Å²) < 4.78 is 6.67. The molecule has 0 aliphatic heterocycles. The van der Waals surface area contributed by atoms with Gasteiger partial charge in [0.2, 0.25) is 11.8 Å². The summed E-state index contributed by atoms with van der Waals surface area (Å²) in [5, 5.41) is 9.45. The van der Waals surface area contributed by atoms with Crippen LogP contribution < -0.4 is 0 Å². The van der Waals surface area contributed by atoms with E-state index in [0.29, 0.717) is 5.89 Å². The molecule has 16 aliphatic rings. The third-order valence-corrected chi connectivity index (χ3v) is 37.5. The molecule has 16 aliphatic carbocycles. The van der Waals surface area contributed by atoms with E-state index in [1.165, 1.54) is 152 Å². The van der Waals surface area contributed by atoms with E-state index in [-0.39, 0.29) is 86.6 Å². The van der Waals surface area contributed by atoms with E-state index in [4.69, 9.17) is 15.9 Å². The summed E-state index contributed by atoms with van der Waals surface area (Å²) in [6, 6.07) is 157. The van der Waals surface area contributed by atoms with E-state index in [9.17, 15) is 0 Å². The monoisotopic (exact) mass is 1780 g/mol. The molecule has 678 valence electrons.